The van der Waals surface area contributed by atoms with E-state index in [-0.39, 0.29) is 68.8 Å². The first-order valence-corrected chi connectivity index (χ1v) is 26.9. The number of phenolic OH excluding ortho intramolecular Hbond substituents is 4. The van der Waals surface area contributed by atoms with E-state index in [0.717, 1.165) is 0 Å². The van der Waals surface area contributed by atoms with Gasteiger partial charge in [-0.15, -0.1) is 11.0 Å². The molecule has 0 spiro atoms. The van der Waals surface area contributed by atoms with Crippen molar-refractivity contribution in [1.82, 2.24) is 11.0 Å². The number of methoxy groups -OCH3 is 2. The summed E-state index contributed by atoms with van der Waals surface area (Å²) in [5, 5.41) is 112. The number of nitrogens with one attached hydrogen (secondary N) is 2. The number of fused-ring (bicyclic) bond motifs is 6. The van der Waals surface area contributed by atoms with E-state index in [2.05, 4.69) is 11.0 Å². The van der Waals surface area contributed by atoms with Gasteiger partial charge in [0.2, 0.25) is 11.6 Å². The van der Waals surface area contributed by atoms with Crippen molar-refractivity contribution in [2.45, 2.75) is 125 Å². The van der Waals surface area contributed by atoms with Gasteiger partial charge in [-0.25, -0.2) is 9.59 Å². The van der Waals surface area contributed by atoms with Crippen molar-refractivity contribution in [3.63, 3.8) is 0 Å². The monoisotopic (exact) mass is 1200 g/mol. The average Bonchev–Trinajstić information content (AvgIpc) is 0.732. The summed E-state index contributed by atoms with van der Waals surface area (Å²) in [4.78, 5) is 118. The maximum atomic E-state index is 14.1. The fraction of sp³-hybridized carbons (Fsp3) is 0.414. The number of benzene rings is 4. The van der Waals surface area contributed by atoms with E-state index in [1.807, 2.05) is 0 Å². The minimum atomic E-state index is -2.47. The molecule has 28 heteroatoms. The van der Waals surface area contributed by atoms with Gasteiger partial charge in [-0.3, -0.25) is 28.8 Å². The Labute approximate surface area is 485 Å². The number of hydrogen-bond acceptors (Lipinski definition) is 28. The third-order valence-corrected chi connectivity index (χ3v) is 16.5. The molecule has 28 nitrogen and oxygen atoms in total. The highest BCUT2D eigenvalue weighted by Gasteiger charge is 2.53. The van der Waals surface area contributed by atoms with E-state index >= 15 is 0 Å². The van der Waals surface area contributed by atoms with Crippen LogP contribution < -0.4 is 20.4 Å². The Morgan fingerprint density at radius 2 is 0.930 bits per heavy atom. The van der Waals surface area contributed by atoms with Gasteiger partial charge in [-0.05, 0) is 26.0 Å². The molecule has 0 radical (unpaired) electrons. The highest BCUT2D eigenvalue weighted by Crippen LogP contribution is 2.55. The second-order valence-electron chi connectivity index (χ2n) is 21.6. The fourth-order valence-corrected chi connectivity index (χ4v) is 12.1. The molecule has 2 aliphatic heterocycles. The first-order chi connectivity index (χ1) is 40.8. The molecule has 12 N–H and O–H groups in total. The van der Waals surface area contributed by atoms with Crippen LogP contribution >= 0.6 is 0 Å². The Morgan fingerprint density at radius 3 is 1.28 bits per heavy atom. The summed E-state index contributed by atoms with van der Waals surface area (Å²) in [6.07, 6.45) is -13.6. The summed E-state index contributed by atoms with van der Waals surface area (Å²) < 4.78 is 34.8. The molecule has 0 aromatic heterocycles. The standard InChI is InChI=1S/C58H58N2O26/c1-21-47(67)27(13-37(81-21)83-31-17-57(77,33(63)19-61)15-25-41(31)55(75)45-43(51(25)71)49(69)23-7-5-9-29(79-3)39(23)53(45)73)59-85-35(65)11-12-36(66)86-60-28-14-38(82-22(2)48(28)68)84-32-18-58(78,34(64)20-62)16-26-42(32)56(76)46-44(52(26)72)50(70)24-8-6-10-30(80-4)40(24)54(46)74/h5-12,21-22,27-28,31-32,37-38,47-48,59-62,67-68,71-72,75-78H,13-20H2,1-4H3/b12-11+/t21?,22?,27?,28?,31-,32-,37?,38?,47?,48?,57-,58-/m0/s1. The molecule has 2 saturated heterocycles. The lowest BCUT2D eigenvalue weighted by molar-refractivity contribution is -0.256. The predicted octanol–water partition coefficient (Wildman–Crippen LogP) is -0.249. The lowest BCUT2D eigenvalue weighted by Gasteiger charge is -2.42. The Morgan fingerprint density at radius 1 is 0.570 bits per heavy atom. The van der Waals surface area contributed by atoms with E-state index in [1.54, 1.807) is 0 Å². The maximum absolute atomic E-state index is 14.1. The van der Waals surface area contributed by atoms with Gasteiger partial charge in [0.1, 0.15) is 58.9 Å². The molecule has 8 unspecified atom stereocenters. The zero-order valence-corrected chi connectivity index (χ0v) is 46.1. The number of hydroxylamine groups is 2. The van der Waals surface area contributed by atoms with E-state index in [4.69, 9.17) is 38.1 Å². The van der Waals surface area contributed by atoms with Crippen LogP contribution in [0.15, 0.2) is 48.6 Å². The highest BCUT2D eigenvalue weighted by atomic mass is 16.7. The number of ether oxygens (including phenoxy) is 6. The number of Topliss-reactive ketones (excluding diaryl/α,β-unsaturated/α-hetero) is 2. The summed E-state index contributed by atoms with van der Waals surface area (Å²) >= 11 is 0. The highest BCUT2D eigenvalue weighted by molar-refractivity contribution is 6.32. The van der Waals surface area contributed by atoms with E-state index in [9.17, 15) is 89.4 Å². The summed E-state index contributed by atoms with van der Waals surface area (Å²) in [7, 11) is 2.52. The van der Waals surface area contributed by atoms with Crippen LogP contribution in [0.4, 0.5) is 0 Å². The molecule has 456 valence electrons. The zero-order valence-electron chi connectivity index (χ0n) is 46.1. The molecule has 10 rings (SSSR count). The lowest BCUT2D eigenvalue weighted by Crippen LogP contribution is -2.55. The number of carbonyl (C=O) groups is 8. The topological polar surface area (TPSA) is 437 Å². The number of phenols is 4. The first-order valence-electron chi connectivity index (χ1n) is 26.9. The van der Waals surface area contributed by atoms with Crippen LogP contribution in [0.25, 0.3) is 0 Å². The summed E-state index contributed by atoms with van der Waals surface area (Å²) in [5.41, 5.74) is -4.71. The van der Waals surface area contributed by atoms with Crippen LogP contribution in [0, 0.1) is 0 Å². The van der Waals surface area contributed by atoms with Crippen LogP contribution in [0.5, 0.6) is 34.5 Å². The fourth-order valence-electron chi connectivity index (χ4n) is 12.1. The van der Waals surface area contributed by atoms with Crippen LogP contribution in [0.2, 0.25) is 0 Å². The second kappa shape index (κ2) is 23.3. The summed E-state index contributed by atoms with van der Waals surface area (Å²) in [6.45, 7) is 0.470. The van der Waals surface area contributed by atoms with Gasteiger partial charge >= 0.3 is 11.9 Å². The van der Waals surface area contributed by atoms with E-state index in [0.29, 0.717) is 12.2 Å². The molecule has 2 fully saturated rings. The Balaban J connectivity index is 0.801. The molecular formula is C58H58N2O26. The molecule has 4 aromatic carbocycles. The second-order valence-corrected chi connectivity index (χ2v) is 21.6. The molecule has 0 amide bonds. The molecule has 4 aromatic rings. The van der Waals surface area contributed by atoms with Gasteiger partial charge in [-0.1, -0.05) is 24.3 Å². The van der Waals surface area contributed by atoms with E-state index in [1.165, 1.54) is 64.5 Å². The maximum Gasteiger partial charge on any atom is 0.349 e. The molecule has 4 aliphatic carbocycles. The third-order valence-electron chi connectivity index (χ3n) is 16.5. The predicted molar refractivity (Wildman–Crippen MR) is 283 cm³/mol. The van der Waals surface area contributed by atoms with Crippen LogP contribution in [-0.2, 0) is 60.6 Å². The number of aliphatic hydroxyl groups is 6. The molecule has 12 atom stereocenters. The lowest BCUT2D eigenvalue weighted by atomic mass is 9.72. The third kappa shape index (κ3) is 10.3. The SMILES string of the molecule is COc1cccc2c1C(=O)c1c(O)c3c(c(O)c1C2=O)C[C@@](O)(C(=O)CO)C[C@@H]3OC1CC(NOC(=O)/C=C/C(=O)ONC2CC(O[C@H]3C[C@](O)(C(=O)CO)Cc4c(O)c5c(c(O)c43)C(=O)c3c(OC)cccc3C5=O)OC(C)C2O)C(O)C(C)O1. The van der Waals surface area contributed by atoms with Crippen molar-refractivity contribution < 1.29 is 128 Å². The van der Waals surface area contributed by atoms with Gasteiger partial charge < -0.3 is 89.2 Å². The van der Waals surface area contributed by atoms with Gasteiger partial charge in [0.25, 0.3) is 0 Å². The van der Waals surface area contributed by atoms with Gasteiger partial charge in [0.15, 0.2) is 35.7 Å². The largest absolute Gasteiger partial charge is 0.507 e. The van der Waals surface area contributed by atoms with Gasteiger partial charge in [-0.2, -0.15) is 0 Å². The van der Waals surface area contributed by atoms with Crippen LogP contribution in [-0.4, -0.2) is 185 Å². The van der Waals surface area contributed by atoms with E-state index < -0.39 is 203 Å². The summed E-state index contributed by atoms with van der Waals surface area (Å²) in [6, 6.07) is 5.87. The Hall–Kier alpha value is -8.10. The quantitative estimate of drug-likeness (QED) is 0.0338. The zero-order chi connectivity index (χ0) is 62.2. The smallest absolute Gasteiger partial charge is 0.349 e. The van der Waals surface area contributed by atoms with Crippen molar-refractivity contribution in [2.24, 2.45) is 0 Å². The average molecular weight is 1200 g/mol. The Bertz CT molecular complexity index is 3350. The molecule has 0 saturated carbocycles. The minimum Gasteiger partial charge on any atom is -0.507 e. The van der Waals surface area contributed by atoms with Gasteiger partial charge in [0.05, 0.1) is 96.3 Å². The number of aliphatic hydroxyl groups excluding tert-OH is 4. The first kappa shape index (κ1) is 61.0. The van der Waals surface area contributed by atoms with Crippen molar-refractivity contribution in [3.05, 3.63) is 115 Å². The van der Waals surface area contributed by atoms with Crippen molar-refractivity contribution in [2.75, 3.05) is 27.4 Å². The number of rotatable bonds is 16. The number of aromatic hydroxyl groups is 4. The molecule has 0 bridgehead atoms. The van der Waals surface area contributed by atoms with Crippen molar-refractivity contribution in [3.8, 4) is 34.5 Å². The number of ketones is 6. The number of hydrogen-bond donors (Lipinski definition) is 12. The van der Waals surface area contributed by atoms with Crippen LogP contribution in [0.3, 0.4) is 0 Å². The van der Waals surface area contributed by atoms with Crippen molar-refractivity contribution in [1.29, 1.82) is 0 Å². The van der Waals surface area contributed by atoms with Crippen molar-refractivity contribution >= 4 is 46.6 Å². The van der Waals surface area contributed by atoms with Crippen LogP contribution in [0.1, 0.15) is 138 Å². The molecular weight excluding hydrogens is 1140 g/mol. The number of carbonyl (C=O) groups excluding carboxylic acids is 8. The molecule has 6 aliphatic rings. The Kier molecular flexibility index (Phi) is 16.5. The molecule has 86 heavy (non-hydrogen) atoms. The molecule has 2 heterocycles. The van der Waals surface area contributed by atoms with Gasteiger partial charge in [0, 0.05) is 84.1 Å². The normalized spacial score (nSPS) is 28.3. The minimum absolute atomic E-state index is 0.00939. The summed E-state index contributed by atoms with van der Waals surface area (Å²) in [5.74, 6) is -11.6.